The average Bonchev–Trinajstić information content (AvgIpc) is 3.39. The second-order valence-electron chi connectivity index (χ2n) is 7.45. The average molecular weight is 342 g/mol. The molecule has 1 aromatic rings. The summed E-state index contributed by atoms with van der Waals surface area (Å²) in [6.45, 7) is 1.51. The Kier molecular flexibility index (Phi) is 5.21. The first-order valence-corrected chi connectivity index (χ1v) is 9.20. The molecule has 0 unspecified atom stereocenters. The molecular formula is C20H26N2O3. The molecule has 2 aliphatic carbocycles. The standard InChI is InChI=1S/C20H26N2O3/c1-14(23)15-6-5-7-17(12-15)22-19(25)20(10-3-2-4-11-20)13-18(24)21-16-8-9-16/h5-7,12,16H,2-4,8-11,13H2,1H3,(H,21,24)(H,22,25). The maximum absolute atomic E-state index is 13.0. The number of amides is 2. The third kappa shape index (κ3) is 4.47. The topological polar surface area (TPSA) is 75.3 Å². The third-order valence-corrected chi connectivity index (χ3v) is 5.26. The van der Waals surface area contributed by atoms with Gasteiger partial charge in [-0.25, -0.2) is 0 Å². The second kappa shape index (κ2) is 7.38. The van der Waals surface area contributed by atoms with Crippen LogP contribution in [0.5, 0.6) is 0 Å². The summed E-state index contributed by atoms with van der Waals surface area (Å²) in [6, 6.07) is 7.28. The summed E-state index contributed by atoms with van der Waals surface area (Å²) < 4.78 is 0. The van der Waals surface area contributed by atoms with Crippen LogP contribution in [0.1, 0.15) is 68.6 Å². The van der Waals surface area contributed by atoms with Crippen molar-refractivity contribution in [1.82, 2.24) is 5.32 Å². The van der Waals surface area contributed by atoms with Crippen molar-refractivity contribution in [1.29, 1.82) is 0 Å². The zero-order valence-electron chi connectivity index (χ0n) is 14.8. The molecule has 2 amide bonds. The monoisotopic (exact) mass is 342 g/mol. The quantitative estimate of drug-likeness (QED) is 0.778. The van der Waals surface area contributed by atoms with Crippen molar-refractivity contribution in [3.63, 3.8) is 0 Å². The van der Waals surface area contributed by atoms with Crippen molar-refractivity contribution in [2.45, 2.75) is 64.3 Å². The number of anilines is 1. The summed E-state index contributed by atoms with van der Waals surface area (Å²) in [5.41, 5.74) is 0.552. The Bertz CT molecular complexity index is 673. The highest BCUT2D eigenvalue weighted by Gasteiger charge is 2.42. The van der Waals surface area contributed by atoms with E-state index >= 15 is 0 Å². The lowest BCUT2D eigenvalue weighted by atomic mass is 9.70. The molecule has 5 nitrogen and oxygen atoms in total. The van der Waals surface area contributed by atoms with Crippen LogP contribution in [0.25, 0.3) is 0 Å². The van der Waals surface area contributed by atoms with Gasteiger partial charge >= 0.3 is 0 Å². The zero-order valence-corrected chi connectivity index (χ0v) is 14.8. The molecule has 25 heavy (non-hydrogen) atoms. The predicted octanol–water partition coefficient (Wildman–Crippen LogP) is 3.45. The van der Waals surface area contributed by atoms with Crippen molar-refractivity contribution in [2.24, 2.45) is 5.41 Å². The molecule has 0 saturated heterocycles. The van der Waals surface area contributed by atoms with Gasteiger partial charge in [0, 0.05) is 23.7 Å². The number of rotatable bonds is 6. The largest absolute Gasteiger partial charge is 0.353 e. The van der Waals surface area contributed by atoms with Gasteiger partial charge in [-0.1, -0.05) is 31.4 Å². The van der Waals surface area contributed by atoms with E-state index < -0.39 is 5.41 Å². The smallest absolute Gasteiger partial charge is 0.231 e. The minimum absolute atomic E-state index is 0.0166. The maximum atomic E-state index is 13.0. The number of hydrogen-bond acceptors (Lipinski definition) is 3. The molecule has 0 aliphatic heterocycles. The third-order valence-electron chi connectivity index (χ3n) is 5.26. The Morgan fingerprint density at radius 3 is 2.48 bits per heavy atom. The fourth-order valence-corrected chi connectivity index (χ4v) is 3.61. The van der Waals surface area contributed by atoms with E-state index in [9.17, 15) is 14.4 Å². The van der Waals surface area contributed by atoms with Gasteiger partial charge in [0.25, 0.3) is 0 Å². The number of benzene rings is 1. The SMILES string of the molecule is CC(=O)c1cccc(NC(=O)C2(CC(=O)NC3CC3)CCCCC2)c1. The van der Waals surface area contributed by atoms with Crippen LogP contribution in [0.4, 0.5) is 5.69 Å². The minimum Gasteiger partial charge on any atom is -0.353 e. The summed E-state index contributed by atoms with van der Waals surface area (Å²) in [6.07, 6.45) is 6.87. The van der Waals surface area contributed by atoms with Crippen LogP contribution in [-0.4, -0.2) is 23.6 Å². The molecule has 2 aliphatic rings. The van der Waals surface area contributed by atoms with E-state index in [0.717, 1.165) is 44.9 Å². The Morgan fingerprint density at radius 1 is 1.12 bits per heavy atom. The second-order valence-corrected chi connectivity index (χ2v) is 7.45. The molecule has 2 saturated carbocycles. The normalized spacial score (nSPS) is 19.1. The lowest BCUT2D eigenvalue weighted by molar-refractivity contribution is -0.134. The number of carbonyl (C=O) groups is 3. The first-order chi connectivity index (χ1) is 12.0. The number of carbonyl (C=O) groups excluding carboxylic acids is 3. The summed E-state index contributed by atoms with van der Waals surface area (Å²) in [7, 11) is 0. The highest BCUT2D eigenvalue weighted by molar-refractivity contribution is 6.00. The molecule has 0 heterocycles. The van der Waals surface area contributed by atoms with E-state index in [0.29, 0.717) is 17.3 Å². The van der Waals surface area contributed by atoms with Crippen LogP contribution in [0.2, 0.25) is 0 Å². The fraction of sp³-hybridized carbons (Fsp3) is 0.550. The summed E-state index contributed by atoms with van der Waals surface area (Å²) in [4.78, 5) is 36.9. The lowest BCUT2D eigenvalue weighted by Gasteiger charge is -2.35. The van der Waals surface area contributed by atoms with Gasteiger partial charge in [0.05, 0.1) is 5.41 Å². The van der Waals surface area contributed by atoms with Crippen molar-refractivity contribution in [2.75, 3.05) is 5.32 Å². The van der Waals surface area contributed by atoms with Gasteiger partial charge in [-0.3, -0.25) is 14.4 Å². The van der Waals surface area contributed by atoms with Gasteiger partial charge in [-0.05, 0) is 44.7 Å². The maximum Gasteiger partial charge on any atom is 0.231 e. The molecule has 3 rings (SSSR count). The van der Waals surface area contributed by atoms with E-state index in [4.69, 9.17) is 0 Å². The Morgan fingerprint density at radius 2 is 1.84 bits per heavy atom. The molecule has 134 valence electrons. The van der Waals surface area contributed by atoms with Crippen molar-refractivity contribution < 1.29 is 14.4 Å². The van der Waals surface area contributed by atoms with E-state index in [2.05, 4.69) is 10.6 Å². The molecule has 2 fully saturated rings. The number of ketones is 1. The first-order valence-electron chi connectivity index (χ1n) is 9.20. The van der Waals surface area contributed by atoms with Crippen molar-refractivity contribution >= 4 is 23.3 Å². The van der Waals surface area contributed by atoms with Crippen LogP contribution in [0.15, 0.2) is 24.3 Å². The highest BCUT2D eigenvalue weighted by Crippen LogP contribution is 2.40. The van der Waals surface area contributed by atoms with E-state index in [1.165, 1.54) is 6.92 Å². The summed E-state index contributed by atoms with van der Waals surface area (Å²) in [5.74, 6) is -0.150. The van der Waals surface area contributed by atoms with Crippen LogP contribution in [0.3, 0.4) is 0 Å². The van der Waals surface area contributed by atoms with Crippen LogP contribution in [-0.2, 0) is 9.59 Å². The number of hydrogen-bond donors (Lipinski definition) is 2. The van der Waals surface area contributed by atoms with Gasteiger partial charge in [-0.15, -0.1) is 0 Å². The molecule has 0 radical (unpaired) electrons. The van der Waals surface area contributed by atoms with Crippen LogP contribution in [0, 0.1) is 5.41 Å². The summed E-state index contributed by atoms with van der Waals surface area (Å²) >= 11 is 0. The highest BCUT2D eigenvalue weighted by atomic mass is 16.2. The van der Waals surface area contributed by atoms with Crippen molar-refractivity contribution in [3.05, 3.63) is 29.8 Å². The molecule has 1 aromatic carbocycles. The molecule has 5 heteroatoms. The zero-order chi connectivity index (χ0) is 17.9. The van der Waals surface area contributed by atoms with E-state index in [-0.39, 0.29) is 24.0 Å². The van der Waals surface area contributed by atoms with Crippen molar-refractivity contribution in [3.8, 4) is 0 Å². The Hall–Kier alpha value is -2.17. The fourth-order valence-electron chi connectivity index (χ4n) is 3.61. The van der Waals surface area contributed by atoms with Gasteiger partial charge in [0.15, 0.2) is 5.78 Å². The lowest BCUT2D eigenvalue weighted by Crippen LogP contribution is -2.42. The number of Topliss-reactive ketones (excluding diaryl/α,β-unsaturated/α-hetero) is 1. The van der Waals surface area contributed by atoms with E-state index in [1.54, 1.807) is 24.3 Å². The van der Waals surface area contributed by atoms with Gasteiger partial charge in [0.1, 0.15) is 0 Å². The van der Waals surface area contributed by atoms with Crippen LogP contribution < -0.4 is 10.6 Å². The predicted molar refractivity (Wildman–Crippen MR) is 96.4 cm³/mol. The summed E-state index contributed by atoms with van der Waals surface area (Å²) in [5, 5.41) is 5.96. The Balaban J connectivity index is 1.73. The molecular weight excluding hydrogens is 316 g/mol. The van der Waals surface area contributed by atoms with Gasteiger partial charge in [0.2, 0.25) is 11.8 Å². The minimum atomic E-state index is -0.635. The molecule has 2 N–H and O–H groups in total. The Labute approximate surface area is 148 Å². The molecule has 0 atom stereocenters. The van der Waals surface area contributed by atoms with Crippen LogP contribution >= 0.6 is 0 Å². The number of nitrogens with one attached hydrogen (secondary N) is 2. The van der Waals surface area contributed by atoms with Gasteiger partial charge in [-0.2, -0.15) is 0 Å². The van der Waals surface area contributed by atoms with E-state index in [1.807, 2.05) is 0 Å². The van der Waals surface area contributed by atoms with Gasteiger partial charge < -0.3 is 10.6 Å². The molecule has 0 spiro atoms. The molecule has 0 aromatic heterocycles. The molecule has 0 bridgehead atoms. The first kappa shape index (κ1) is 17.6.